The van der Waals surface area contributed by atoms with E-state index in [4.69, 9.17) is 11.5 Å². The monoisotopic (exact) mass is 190 g/mol. The molecule has 0 bridgehead atoms. The van der Waals surface area contributed by atoms with Crippen LogP contribution in [0.3, 0.4) is 0 Å². The second-order valence-corrected chi connectivity index (χ2v) is 2.24. The standard InChI is InChI=1S/2C4H5N3/c5-4-3-6-1-2-7-4;5-4-6-2-1-3-7-4/h1-3H,(H2,5,7);1-3H,(H2,5,6,7). The highest BCUT2D eigenvalue weighted by Crippen LogP contribution is 1.84. The highest BCUT2D eigenvalue weighted by molar-refractivity contribution is 5.20. The van der Waals surface area contributed by atoms with Gasteiger partial charge in [-0.3, -0.25) is 4.98 Å². The maximum Gasteiger partial charge on any atom is 0.219 e. The molecule has 0 saturated heterocycles. The Balaban J connectivity index is 0.000000140. The average Bonchev–Trinajstić information content (AvgIpc) is 2.21. The molecule has 0 spiro atoms. The van der Waals surface area contributed by atoms with E-state index in [0.29, 0.717) is 11.8 Å². The number of nitrogen functional groups attached to an aromatic ring is 2. The largest absolute Gasteiger partial charge is 0.382 e. The van der Waals surface area contributed by atoms with Crippen LogP contribution in [-0.2, 0) is 0 Å². The summed E-state index contributed by atoms with van der Waals surface area (Å²) >= 11 is 0. The van der Waals surface area contributed by atoms with Crippen LogP contribution in [0.2, 0.25) is 0 Å². The van der Waals surface area contributed by atoms with Crippen LogP contribution in [0.25, 0.3) is 0 Å². The molecule has 0 amide bonds. The summed E-state index contributed by atoms with van der Waals surface area (Å²) in [5.41, 5.74) is 10.3. The number of aromatic nitrogens is 4. The van der Waals surface area contributed by atoms with Gasteiger partial charge in [0.05, 0.1) is 6.20 Å². The van der Waals surface area contributed by atoms with Gasteiger partial charge in [-0.1, -0.05) is 0 Å². The molecule has 2 rings (SSSR count). The number of hydrogen-bond acceptors (Lipinski definition) is 6. The minimum absolute atomic E-state index is 0.322. The lowest BCUT2D eigenvalue weighted by atomic mass is 10.7. The summed E-state index contributed by atoms with van der Waals surface area (Å²) in [7, 11) is 0. The summed E-state index contributed by atoms with van der Waals surface area (Å²) in [6.45, 7) is 0. The Bertz CT molecular complexity index is 311. The Morgan fingerprint density at radius 3 is 1.86 bits per heavy atom. The predicted molar refractivity (Wildman–Crippen MR) is 52.9 cm³/mol. The minimum Gasteiger partial charge on any atom is -0.382 e. The van der Waals surface area contributed by atoms with Crippen LogP contribution in [0.5, 0.6) is 0 Å². The average molecular weight is 190 g/mol. The van der Waals surface area contributed by atoms with Gasteiger partial charge in [-0.25, -0.2) is 15.0 Å². The van der Waals surface area contributed by atoms with Gasteiger partial charge in [-0.2, -0.15) is 0 Å². The second-order valence-electron chi connectivity index (χ2n) is 2.24. The van der Waals surface area contributed by atoms with E-state index < -0.39 is 0 Å². The van der Waals surface area contributed by atoms with Gasteiger partial charge in [0.2, 0.25) is 5.95 Å². The van der Waals surface area contributed by atoms with Crippen molar-refractivity contribution in [3.8, 4) is 0 Å². The van der Waals surface area contributed by atoms with Gasteiger partial charge in [0.15, 0.2) is 0 Å². The first-order valence-electron chi connectivity index (χ1n) is 3.83. The topological polar surface area (TPSA) is 104 Å². The van der Waals surface area contributed by atoms with Gasteiger partial charge in [0.1, 0.15) is 5.82 Å². The van der Waals surface area contributed by atoms with E-state index in [-0.39, 0.29) is 0 Å². The molecule has 72 valence electrons. The molecule has 2 aromatic rings. The summed E-state index contributed by atoms with van der Waals surface area (Å²) in [5.74, 6) is 0.782. The quantitative estimate of drug-likeness (QED) is 0.611. The molecule has 0 aromatic carbocycles. The molecular formula is C8H10N6. The van der Waals surface area contributed by atoms with E-state index in [0.717, 1.165) is 0 Å². The lowest BCUT2D eigenvalue weighted by Gasteiger charge is -1.82. The lowest BCUT2D eigenvalue weighted by Crippen LogP contribution is -1.90. The third kappa shape index (κ3) is 3.96. The zero-order valence-electron chi connectivity index (χ0n) is 7.41. The molecule has 0 aliphatic rings. The highest BCUT2D eigenvalue weighted by Gasteiger charge is 1.75. The van der Waals surface area contributed by atoms with Crippen LogP contribution < -0.4 is 11.5 Å². The van der Waals surface area contributed by atoms with Crippen molar-refractivity contribution >= 4 is 11.8 Å². The first kappa shape index (κ1) is 9.85. The summed E-state index contributed by atoms with van der Waals surface area (Å²) < 4.78 is 0. The number of nitrogens with two attached hydrogens (primary N) is 2. The molecule has 0 aliphatic carbocycles. The van der Waals surface area contributed by atoms with Crippen LogP contribution in [-0.4, -0.2) is 19.9 Å². The van der Waals surface area contributed by atoms with Crippen LogP contribution in [0.1, 0.15) is 0 Å². The fraction of sp³-hybridized carbons (Fsp3) is 0. The molecule has 0 unspecified atom stereocenters. The summed E-state index contributed by atoms with van der Waals surface area (Å²) in [5, 5.41) is 0. The first-order valence-corrected chi connectivity index (χ1v) is 3.83. The Kier molecular flexibility index (Phi) is 3.81. The Hall–Kier alpha value is -2.24. The Labute approximate surface area is 81.1 Å². The van der Waals surface area contributed by atoms with Crippen molar-refractivity contribution in [1.82, 2.24) is 19.9 Å². The molecule has 2 aromatic heterocycles. The third-order valence-electron chi connectivity index (χ3n) is 1.17. The van der Waals surface area contributed by atoms with Crippen LogP contribution in [0.4, 0.5) is 11.8 Å². The van der Waals surface area contributed by atoms with Gasteiger partial charge in [0.25, 0.3) is 0 Å². The molecule has 2 heterocycles. The molecule has 6 nitrogen and oxygen atoms in total. The Morgan fingerprint density at radius 2 is 1.57 bits per heavy atom. The Morgan fingerprint density at radius 1 is 0.857 bits per heavy atom. The lowest BCUT2D eigenvalue weighted by molar-refractivity contribution is 1.19. The SMILES string of the molecule is Nc1cnccn1.Nc1ncccn1. The van der Waals surface area contributed by atoms with Crippen molar-refractivity contribution in [1.29, 1.82) is 0 Å². The van der Waals surface area contributed by atoms with E-state index in [9.17, 15) is 0 Å². The fourth-order valence-corrected chi connectivity index (χ4v) is 0.621. The van der Waals surface area contributed by atoms with Crippen molar-refractivity contribution in [3.63, 3.8) is 0 Å². The van der Waals surface area contributed by atoms with E-state index in [2.05, 4.69) is 19.9 Å². The van der Waals surface area contributed by atoms with E-state index in [1.54, 1.807) is 30.9 Å². The number of anilines is 2. The van der Waals surface area contributed by atoms with Gasteiger partial charge >= 0.3 is 0 Å². The van der Waals surface area contributed by atoms with Crippen molar-refractivity contribution in [3.05, 3.63) is 37.1 Å². The summed E-state index contributed by atoms with van der Waals surface area (Å²) in [6.07, 6.45) is 7.83. The maximum atomic E-state index is 5.18. The van der Waals surface area contributed by atoms with Gasteiger partial charge in [0, 0.05) is 24.8 Å². The van der Waals surface area contributed by atoms with Crippen LogP contribution in [0, 0.1) is 0 Å². The maximum absolute atomic E-state index is 5.18. The number of nitrogens with zero attached hydrogens (tertiary/aromatic N) is 4. The van der Waals surface area contributed by atoms with E-state index in [1.165, 1.54) is 6.20 Å². The van der Waals surface area contributed by atoms with E-state index in [1.807, 2.05) is 0 Å². The molecule has 0 saturated carbocycles. The highest BCUT2D eigenvalue weighted by atomic mass is 15.0. The normalized spacial score (nSPS) is 8.57. The molecule has 14 heavy (non-hydrogen) atoms. The molecule has 0 atom stereocenters. The first-order chi connectivity index (χ1) is 6.79. The van der Waals surface area contributed by atoms with E-state index >= 15 is 0 Å². The second kappa shape index (κ2) is 5.41. The number of hydrogen-bond donors (Lipinski definition) is 2. The third-order valence-corrected chi connectivity index (χ3v) is 1.17. The predicted octanol–water partition coefficient (Wildman–Crippen LogP) is 0.118. The summed E-state index contributed by atoms with van der Waals surface area (Å²) in [6, 6.07) is 1.72. The zero-order chi connectivity index (χ0) is 10.2. The molecule has 6 heteroatoms. The van der Waals surface area contributed by atoms with Crippen molar-refractivity contribution in [2.24, 2.45) is 0 Å². The van der Waals surface area contributed by atoms with Crippen LogP contribution in [0.15, 0.2) is 37.1 Å². The van der Waals surface area contributed by atoms with Gasteiger partial charge in [-0.05, 0) is 6.07 Å². The molecular weight excluding hydrogens is 180 g/mol. The summed E-state index contributed by atoms with van der Waals surface area (Å²) in [4.78, 5) is 14.7. The molecule has 0 radical (unpaired) electrons. The van der Waals surface area contributed by atoms with Crippen molar-refractivity contribution in [2.75, 3.05) is 11.5 Å². The smallest absolute Gasteiger partial charge is 0.219 e. The number of rotatable bonds is 0. The zero-order valence-corrected chi connectivity index (χ0v) is 7.41. The van der Waals surface area contributed by atoms with Gasteiger partial charge in [-0.15, -0.1) is 0 Å². The van der Waals surface area contributed by atoms with Crippen LogP contribution >= 0.6 is 0 Å². The van der Waals surface area contributed by atoms with Gasteiger partial charge < -0.3 is 11.5 Å². The van der Waals surface area contributed by atoms with Crippen molar-refractivity contribution < 1.29 is 0 Å². The van der Waals surface area contributed by atoms with Crippen molar-refractivity contribution in [2.45, 2.75) is 0 Å². The molecule has 4 N–H and O–H groups in total. The molecule has 0 aliphatic heterocycles. The minimum atomic E-state index is 0.322. The fourth-order valence-electron chi connectivity index (χ4n) is 0.621. The molecule has 0 fully saturated rings.